The van der Waals surface area contributed by atoms with E-state index >= 15 is 0 Å². The Morgan fingerprint density at radius 2 is 2.18 bits per heavy atom. The first kappa shape index (κ1) is 12.2. The van der Waals surface area contributed by atoms with Gasteiger partial charge in [0.1, 0.15) is 0 Å². The van der Waals surface area contributed by atoms with Crippen LogP contribution in [0.5, 0.6) is 0 Å². The number of aryl methyl sites for hydroxylation is 1. The van der Waals surface area contributed by atoms with Crippen molar-refractivity contribution >= 4 is 11.6 Å². The van der Waals surface area contributed by atoms with Gasteiger partial charge in [-0.2, -0.15) is 0 Å². The summed E-state index contributed by atoms with van der Waals surface area (Å²) in [6.45, 7) is 3.06. The molecule has 1 aromatic rings. The summed E-state index contributed by atoms with van der Waals surface area (Å²) in [4.78, 5) is 13.9. The zero-order valence-corrected chi connectivity index (χ0v) is 10.5. The van der Waals surface area contributed by atoms with Gasteiger partial charge in [0.15, 0.2) is 0 Å². The van der Waals surface area contributed by atoms with Crippen molar-refractivity contribution in [3.63, 3.8) is 0 Å². The van der Waals surface area contributed by atoms with E-state index in [9.17, 15) is 4.79 Å². The molecule has 2 heteroatoms. The Morgan fingerprint density at radius 3 is 3.00 bits per heavy atom. The highest BCUT2D eigenvalue weighted by Crippen LogP contribution is 2.27. The van der Waals surface area contributed by atoms with Gasteiger partial charge in [-0.15, -0.1) is 0 Å². The number of anilines is 1. The van der Waals surface area contributed by atoms with Gasteiger partial charge in [-0.05, 0) is 18.4 Å². The van der Waals surface area contributed by atoms with Crippen LogP contribution in [-0.2, 0) is 11.2 Å². The summed E-state index contributed by atoms with van der Waals surface area (Å²) in [5.74, 6) is 0.261. The monoisotopic (exact) mass is 230 g/mol. The number of carbonyl (C=O) groups excluding carboxylic acids is 1. The summed E-state index contributed by atoms with van der Waals surface area (Å²) in [6.07, 6.45) is 6.32. The number of amides is 1. The van der Waals surface area contributed by atoms with Crippen LogP contribution in [-0.4, -0.2) is 12.5 Å². The quantitative estimate of drug-likeness (QED) is 0.710. The first-order valence-electron chi connectivity index (χ1n) is 6.63. The number of hydrogen-bond acceptors (Lipinski definition) is 1. The molecule has 0 atom stereocenters. The second-order valence-corrected chi connectivity index (χ2v) is 4.65. The Labute approximate surface area is 104 Å². The zero-order valence-electron chi connectivity index (χ0n) is 10.5. The van der Waals surface area contributed by atoms with E-state index in [1.54, 1.807) is 0 Å². The molecule has 1 aromatic carbocycles. The molecule has 0 saturated heterocycles. The van der Waals surface area contributed by atoms with Crippen LogP contribution in [0.15, 0.2) is 18.2 Å². The smallest absolute Gasteiger partial charge is 0.227 e. The van der Waals surface area contributed by atoms with Crippen molar-refractivity contribution in [2.75, 3.05) is 11.4 Å². The van der Waals surface area contributed by atoms with E-state index in [1.165, 1.54) is 24.8 Å². The summed E-state index contributed by atoms with van der Waals surface area (Å²) in [7, 11) is 0. The van der Waals surface area contributed by atoms with Crippen LogP contribution >= 0.6 is 0 Å². The van der Waals surface area contributed by atoms with Gasteiger partial charge < -0.3 is 4.90 Å². The lowest BCUT2D eigenvalue weighted by Crippen LogP contribution is -2.35. The standard InChI is InChI=1S/C15H20NO/c1-2-3-4-7-12-16-14-9-6-5-8-13(14)10-11-15(16)17/h5-6,8H,2-4,7,10-12H2,1H3. The molecule has 2 rings (SSSR count). The zero-order chi connectivity index (χ0) is 12.1. The largest absolute Gasteiger partial charge is 0.312 e. The third kappa shape index (κ3) is 2.87. The van der Waals surface area contributed by atoms with Gasteiger partial charge in [0.05, 0.1) is 5.69 Å². The minimum absolute atomic E-state index is 0.261. The molecule has 0 spiro atoms. The fourth-order valence-corrected chi connectivity index (χ4v) is 2.35. The molecule has 0 aliphatic carbocycles. The molecule has 0 aromatic heterocycles. The molecule has 0 fully saturated rings. The predicted molar refractivity (Wildman–Crippen MR) is 70.1 cm³/mol. The number of rotatable bonds is 5. The lowest BCUT2D eigenvalue weighted by molar-refractivity contribution is -0.118. The molecule has 17 heavy (non-hydrogen) atoms. The molecule has 1 aliphatic heterocycles. The maximum atomic E-state index is 11.9. The Bertz CT molecular complexity index is 386. The first-order chi connectivity index (χ1) is 8.33. The molecule has 1 radical (unpaired) electrons. The van der Waals surface area contributed by atoms with Crippen LogP contribution in [0.3, 0.4) is 0 Å². The summed E-state index contributed by atoms with van der Waals surface area (Å²) in [6, 6.07) is 9.23. The van der Waals surface area contributed by atoms with E-state index in [1.807, 2.05) is 17.0 Å². The summed E-state index contributed by atoms with van der Waals surface area (Å²) in [5.41, 5.74) is 2.28. The molecule has 2 nitrogen and oxygen atoms in total. The van der Waals surface area contributed by atoms with E-state index in [2.05, 4.69) is 19.1 Å². The van der Waals surface area contributed by atoms with E-state index in [0.29, 0.717) is 6.42 Å². The highest BCUT2D eigenvalue weighted by Gasteiger charge is 2.22. The average molecular weight is 230 g/mol. The second kappa shape index (κ2) is 5.85. The average Bonchev–Trinajstić information content (AvgIpc) is 2.37. The Morgan fingerprint density at radius 1 is 1.29 bits per heavy atom. The van der Waals surface area contributed by atoms with Crippen LogP contribution < -0.4 is 4.90 Å². The number of nitrogens with zero attached hydrogens (tertiary/aromatic N) is 1. The number of para-hydroxylation sites is 1. The van der Waals surface area contributed by atoms with Crippen molar-refractivity contribution in [2.24, 2.45) is 0 Å². The minimum atomic E-state index is 0.261. The van der Waals surface area contributed by atoms with Crippen LogP contribution in [0.25, 0.3) is 0 Å². The fourth-order valence-electron chi connectivity index (χ4n) is 2.35. The van der Waals surface area contributed by atoms with Crippen LogP contribution in [0, 0.1) is 6.07 Å². The second-order valence-electron chi connectivity index (χ2n) is 4.65. The van der Waals surface area contributed by atoms with Crippen molar-refractivity contribution < 1.29 is 4.79 Å². The number of benzene rings is 1. The topological polar surface area (TPSA) is 20.3 Å². The molecular formula is C15H20NO. The number of unbranched alkanes of at least 4 members (excludes halogenated alkanes) is 3. The Hall–Kier alpha value is -1.31. The van der Waals surface area contributed by atoms with Gasteiger partial charge in [0, 0.05) is 19.0 Å². The van der Waals surface area contributed by atoms with Crippen molar-refractivity contribution in [2.45, 2.75) is 45.4 Å². The minimum Gasteiger partial charge on any atom is -0.312 e. The molecular weight excluding hydrogens is 210 g/mol. The Balaban J connectivity index is 2.02. The van der Waals surface area contributed by atoms with E-state index in [4.69, 9.17) is 0 Å². The number of carbonyl (C=O) groups is 1. The predicted octanol–water partition coefficient (Wildman–Crippen LogP) is 3.35. The van der Waals surface area contributed by atoms with Crippen molar-refractivity contribution in [1.82, 2.24) is 0 Å². The molecule has 1 heterocycles. The molecule has 91 valence electrons. The molecule has 1 aliphatic rings. The number of fused-ring (bicyclic) bond motifs is 1. The van der Waals surface area contributed by atoms with Crippen molar-refractivity contribution in [3.05, 3.63) is 29.8 Å². The van der Waals surface area contributed by atoms with Crippen LogP contribution in [0.2, 0.25) is 0 Å². The molecule has 0 unspecified atom stereocenters. The van der Waals surface area contributed by atoms with Gasteiger partial charge in [-0.3, -0.25) is 4.79 Å². The van der Waals surface area contributed by atoms with Crippen LogP contribution in [0.1, 0.15) is 44.6 Å². The van der Waals surface area contributed by atoms with Crippen molar-refractivity contribution in [3.8, 4) is 0 Å². The Kier molecular flexibility index (Phi) is 4.18. The van der Waals surface area contributed by atoms with E-state index in [0.717, 1.165) is 25.1 Å². The highest BCUT2D eigenvalue weighted by molar-refractivity contribution is 5.96. The summed E-state index contributed by atoms with van der Waals surface area (Å²) < 4.78 is 0. The summed E-state index contributed by atoms with van der Waals surface area (Å²) >= 11 is 0. The molecule has 1 amide bonds. The lowest BCUT2D eigenvalue weighted by Gasteiger charge is -2.29. The van der Waals surface area contributed by atoms with E-state index < -0.39 is 0 Å². The van der Waals surface area contributed by atoms with Gasteiger partial charge in [0.2, 0.25) is 5.91 Å². The maximum Gasteiger partial charge on any atom is 0.227 e. The van der Waals surface area contributed by atoms with Gasteiger partial charge in [-0.25, -0.2) is 0 Å². The normalized spacial score (nSPS) is 14.9. The van der Waals surface area contributed by atoms with Crippen molar-refractivity contribution in [1.29, 1.82) is 0 Å². The van der Waals surface area contributed by atoms with Gasteiger partial charge in [-0.1, -0.05) is 44.4 Å². The first-order valence-corrected chi connectivity index (χ1v) is 6.63. The third-order valence-corrected chi connectivity index (χ3v) is 3.33. The molecule has 0 bridgehead atoms. The van der Waals surface area contributed by atoms with Gasteiger partial charge >= 0.3 is 0 Å². The number of hydrogen-bond donors (Lipinski definition) is 0. The molecule has 0 saturated carbocycles. The van der Waals surface area contributed by atoms with E-state index in [-0.39, 0.29) is 5.91 Å². The maximum absolute atomic E-state index is 11.9. The molecule has 0 N–H and O–H groups in total. The lowest BCUT2D eigenvalue weighted by atomic mass is 10.0. The SMILES string of the molecule is CCCCCCN1C(=O)CCc2ccc[c]c21. The van der Waals surface area contributed by atoms with Gasteiger partial charge in [0.25, 0.3) is 0 Å². The fraction of sp³-hybridized carbons (Fsp3) is 0.533. The summed E-state index contributed by atoms with van der Waals surface area (Å²) in [5, 5.41) is 0. The van der Waals surface area contributed by atoms with Crippen LogP contribution in [0.4, 0.5) is 5.69 Å². The third-order valence-electron chi connectivity index (χ3n) is 3.33. The highest BCUT2D eigenvalue weighted by atomic mass is 16.2.